The van der Waals surface area contributed by atoms with Crippen LogP contribution in [-0.4, -0.2) is 52.1 Å². The SMILES string of the molecule is Nc1c(C(=O)Nc2cccc(Cl)c2)nnn1Cc1ccc(CN2CCOCC2)cc1. The third kappa shape index (κ3) is 4.96. The number of nitrogens with one attached hydrogen (secondary N) is 1. The molecule has 0 radical (unpaired) electrons. The highest BCUT2D eigenvalue weighted by Gasteiger charge is 2.18. The van der Waals surface area contributed by atoms with Crippen LogP contribution >= 0.6 is 11.6 Å². The maximum atomic E-state index is 12.5. The van der Waals surface area contributed by atoms with Gasteiger partial charge in [0.2, 0.25) is 0 Å². The summed E-state index contributed by atoms with van der Waals surface area (Å²) in [5, 5.41) is 11.2. The fourth-order valence-electron chi connectivity index (χ4n) is 3.30. The second-order valence-corrected chi connectivity index (χ2v) is 7.59. The van der Waals surface area contributed by atoms with Gasteiger partial charge in [0.25, 0.3) is 5.91 Å². The van der Waals surface area contributed by atoms with Gasteiger partial charge in [-0.05, 0) is 29.3 Å². The van der Waals surface area contributed by atoms with Gasteiger partial charge in [-0.2, -0.15) is 0 Å². The molecule has 0 spiro atoms. The number of rotatable bonds is 6. The number of carbonyl (C=O) groups is 1. The molecule has 0 saturated carbocycles. The maximum absolute atomic E-state index is 12.5. The average Bonchev–Trinajstić information content (AvgIpc) is 3.10. The van der Waals surface area contributed by atoms with Gasteiger partial charge in [0.15, 0.2) is 11.5 Å². The van der Waals surface area contributed by atoms with Crippen molar-refractivity contribution in [2.45, 2.75) is 13.1 Å². The van der Waals surface area contributed by atoms with Crippen LogP contribution in [0, 0.1) is 0 Å². The van der Waals surface area contributed by atoms with Crippen LogP contribution in [-0.2, 0) is 17.8 Å². The van der Waals surface area contributed by atoms with Gasteiger partial charge in [-0.25, -0.2) is 4.68 Å². The van der Waals surface area contributed by atoms with E-state index in [2.05, 4.69) is 32.7 Å². The zero-order chi connectivity index (χ0) is 20.9. The Morgan fingerprint density at radius 2 is 1.80 bits per heavy atom. The molecule has 0 atom stereocenters. The molecular formula is C21H23ClN6O2. The van der Waals surface area contributed by atoms with Crippen LogP contribution in [0.4, 0.5) is 11.5 Å². The quantitative estimate of drug-likeness (QED) is 0.628. The first-order chi connectivity index (χ1) is 14.6. The normalized spacial score (nSPS) is 14.6. The van der Waals surface area contributed by atoms with Crippen molar-refractivity contribution in [1.29, 1.82) is 0 Å². The molecule has 156 valence electrons. The zero-order valence-electron chi connectivity index (χ0n) is 16.4. The lowest BCUT2D eigenvalue weighted by Crippen LogP contribution is -2.35. The van der Waals surface area contributed by atoms with Crippen molar-refractivity contribution in [3.8, 4) is 0 Å². The number of aromatic nitrogens is 3. The molecule has 1 aromatic heterocycles. The smallest absolute Gasteiger partial charge is 0.280 e. The number of hydrogen-bond donors (Lipinski definition) is 2. The monoisotopic (exact) mass is 426 g/mol. The molecule has 1 saturated heterocycles. The van der Waals surface area contributed by atoms with E-state index in [9.17, 15) is 4.79 Å². The van der Waals surface area contributed by atoms with Crippen molar-refractivity contribution in [1.82, 2.24) is 19.9 Å². The summed E-state index contributed by atoms with van der Waals surface area (Å²) in [7, 11) is 0. The van der Waals surface area contributed by atoms with Crippen molar-refractivity contribution < 1.29 is 9.53 Å². The van der Waals surface area contributed by atoms with Crippen LogP contribution in [0.1, 0.15) is 21.6 Å². The van der Waals surface area contributed by atoms with Crippen LogP contribution in [0.2, 0.25) is 5.02 Å². The van der Waals surface area contributed by atoms with Gasteiger partial charge < -0.3 is 15.8 Å². The van der Waals surface area contributed by atoms with Crippen molar-refractivity contribution in [3.05, 3.63) is 70.4 Å². The molecule has 3 aromatic rings. The summed E-state index contributed by atoms with van der Waals surface area (Å²) in [5.74, 6) is -0.214. The molecule has 4 rings (SSSR count). The third-order valence-electron chi connectivity index (χ3n) is 4.94. The summed E-state index contributed by atoms with van der Waals surface area (Å²) in [4.78, 5) is 14.9. The molecule has 30 heavy (non-hydrogen) atoms. The van der Waals surface area contributed by atoms with E-state index in [-0.39, 0.29) is 11.5 Å². The Balaban J connectivity index is 1.39. The van der Waals surface area contributed by atoms with Crippen LogP contribution in [0.15, 0.2) is 48.5 Å². The van der Waals surface area contributed by atoms with E-state index in [0.717, 1.165) is 38.4 Å². The Bertz CT molecular complexity index is 1010. The topological polar surface area (TPSA) is 98.3 Å². The Kier molecular flexibility index (Phi) is 6.27. The van der Waals surface area contributed by atoms with Crippen molar-refractivity contribution in [3.63, 3.8) is 0 Å². The molecule has 1 aliphatic heterocycles. The number of hydrogen-bond acceptors (Lipinski definition) is 6. The lowest BCUT2D eigenvalue weighted by atomic mass is 10.1. The fraction of sp³-hybridized carbons (Fsp3) is 0.286. The molecule has 1 amide bonds. The number of nitrogens with two attached hydrogens (primary N) is 1. The highest BCUT2D eigenvalue weighted by molar-refractivity contribution is 6.31. The van der Waals surface area contributed by atoms with Gasteiger partial charge in [-0.1, -0.05) is 47.1 Å². The number of amides is 1. The largest absolute Gasteiger partial charge is 0.382 e. The number of nitrogen functional groups attached to an aromatic ring is 1. The Hall–Kier alpha value is -2.94. The number of anilines is 2. The summed E-state index contributed by atoms with van der Waals surface area (Å²) in [6.07, 6.45) is 0. The van der Waals surface area contributed by atoms with E-state index in [0.29, 0.717) is 17.3 Å². The van der Waals surface area contributed by atoms with Crippen molar-refractivity contribution in [2.75, 3.05) is 37.4 Å². The predicted octanol–water partition coefficient (Wildman–Crippen LogP) is 2.65. The molecule has 1 aliphatic rings. The molecule has 0 bridgehead atoms. The van der Waals surface area contributed by atoms with E-state index in [1.54, 1.807) is 24.3 Å². The summed E-state index contributed by atoms with van der Waals surface area (Å²) < 4.78 is 6.91. The van der Waals surface area contributed by atoms with Crippen LogP contribution in [0.5, 0.6) is 0 Å². The Morgan fingerprint density at radius 3 is 2.50 bits per heavy atom. The molecule has 0 unspecified atom stereocenters. The molecule has 2 heterocycles. The fourth-order valence-corrected chi connectivity index (χ4v) is 3.49. The first-order valence-electron chi connectivity index (χ1n) is 9.72. The van der Waals surface area contributed by atoms with Gasteiger partial charge in [-0.15, -0.1) is 5.10 Å². The average molecular weight is 427 g/mol. The van der Waals surface area contributed by atoms with E-state index >= 15 is 0 Å². The van der Waals surface area contributed by atoms with Crippen LogP contribution in [0.3, 0.4) is 0 Å². The molecule has 8 nitrogen and oxygen atoms in total. The first kappa shape index (κ1) is 20.3. The first-order valence-corrected chi connectivity index (χ1v) is 10.1. The van der Waals surface area contributed by atoms with Crippen LogP contribution < -0.4 is 11.1 Å². The van der Waals surface area contributed by atoms with E-state index in [1.807, 2.05) is 12.1 Å². The second-order valence-electron chi connectivity index (χ2n) is 7.15. The number of benzene rings is 2. The number of carbonyl (C=O) groups excluding carboxylic acids is 1. The zero-order valence-corrected chi connectivity index (χ0v) is 17.2. The molecule has 9 heteroatoms. The number of ether oxygens (including phenoxy) is 1. The van der Waals surface area contributed by atoms with Crippen molar-refractivity contribution in [2.24, 2.45) is 0 Å². The van der Waals surface area contributed by atoms with Gasteiger partial charge in [0.1, 0.15) is 0 Å². The van der Waals surface area contributed by atoms with Gasteiger partial charge in [0.05, 0.1) is 19.8 Å². The highest BCUT2D eigenvalue weighted by Crippen LogP contribution is 2.18. The minimum absolute atomic E-state index is 0.0823. The lowest BCUT2D eigenvalue weighted by Gasteiger charge is -2.26. The summed E-state index contributed by atoms with van der Waals surface area (Å²) >= 11 is 5.95. The predicted molar refractivity (Wildman–Crippen MR) is 115 cm³/mol. The Morgan fingerprint density at radius 1 is 1.10 bits per heavy atom. The minimum atomic E-state index is -0.429. The standard InChI is InChI=1S/C21H23ClN6O2/c22-17-2-1-3-18(12-17)24-21(29)19-20(23)28(26-25-19)14-16-6-4-15(5-7-16)13-27-8-10-30-11-9-27/h1-7,12H,8-11,13-14,23H2,(H,24,29). The van der Waals surface area contributed by atoms with Gasteiger partial charge in [0, 0.05) is 30.3 Å². The van der Waals surface area contributed by atoms with Gasteiger partial charge in [-0.3, -0.25) is 9.69 Å². The third-order valence-corrected chi connectivity index (χ3v) is 5.17. The number of halogens is 1. The van der Waals surface area contributed by atoms with Crippen molar-refractivity contribution >= 4 is 29.0 Å². The number of morpholine rings is 1. The summed E-state index contributed by atoms with van der Waals surface area (Å²) in [6.45, 7) is 4.83. The van der Waals surface area contributed by atoms with Gasteiger partial charge >= 0.3 is 0 Å². The number of nitrogens with zero attached hydrogens (tertiary/aromatic N) is 4. The second kappa shape index (κ2) is 9.25. The molecular weight excluding hydrogens is 404 g/mol. The summed E-state index contributed by atoms with van der Waals surface area (Å²) in [6, 6.07) is 15.2. The lowest BCUT2D eigenvalue weighted by molar-refractivity contribution is 0.0342. The summed E-state index contributed by atoms with van der Waals surface area (Å²) in [5.41, 5.74) is 9.04. The molecule has 3 N–H and O–H groups in total. The molecule has 0 aliphatic carbocycles. The van der Waals surface area contributed by atoms with E-state index < -0.39 is 5.91 Å². The van der Waals surface area contributed by atoms with Crippen LogP contribution in [0.25, 0.3) is 0 Å². The van der Waals surface area contributed by atoms with E-state index in [4.69, 9.17) is 22.1 Å². The Labute approximate surface area is 179 Å². The maximum Gasteiger partial charge on any atom is 0.280 e. The molecule has 1 fully saturated rings. The van der Waals surface area contributed by atoms with E-state index in [1.165, 1.54) is 10.2 Å². The highest BCUT2D eigenvalue weighted by atomic mass is 35.5. The minimum Gasteiger partial charge on any atom is -0.382 e. The molecule has 2 aromatic carbocycles.